The van der Waals surface area contributed by atoms with Crippen LogP contribution in [0.4, 0.5) is 0 Å². The Labute approximate surface area is 178 Å². The predicted octanol–water partition coefficient (Wildman–Crippen LogP) is 2.81. The van der Waals surface area contributed by atoms with Gasteiger partial charge < -0.3 is 14.8 Å². The quantitative estimate of drug-likeness (QED) is 0.727. The van der Waals surface area contributed by atoms with Gasteiger partial charge in [-0.1, -0.05) is 19.1 Å². The third kappa shape index (κ3) is 4.76. The molecule has 0 aromatic heterocycles. The van der Waals surface area contributed by atoms with E-state index in [4.69, 9.17) is 9.47 Å². The summed E-state index contributed by atoms with van der Waals surface area (Å²) in [5.74, 6) is 1.32. The molecule has 1 N–H and O–H groups in total. The van der Waals surface area contributed by atoms with E-state index in [2.05, 4.69) is 5.32 Å². The molecule has 7 nitrogen and oxygen atoms in total. The summed E-state index contributed by atoms with van der Waals surface area (Å²) >= 11 is 0. The molecular weight excluding hydrogens is 404 g/mol. The van der Waals surface area contributed by atoms with Gasteiger partial charge in [-0.2, -0.15) is 4.31 Å². The first-order valence-corrected chi connectivity index (χ1v) is 11.3. The first-order chi connectivity index (χ1) is 14.3. The van der Waals surface area contributed by atoms with Crippen LogP contribution in [-0.4, -0.2) is 45.9 Å². The van der Waals surface area contributed by atoms with E-state index < -0.39 is 15.4 Å². The molecule has 0 atom stereocenters. The number of rotatable bonds is 7. The van der Waals surface area contributed by atoms with Crippen molar-refractivity contribution in [1.29, 1.82) is 0 Å². The fraction of sp³-hybridized carbons (Fsp3) is 0.409. The Kier molecular flexibility index (Phi) is 6.67. The molecule has 0 saturated carbocycles. The Hall–Kier alpha value is -2.58. The Balaban J connectivity index is 1.58. The average Bonchev–Trinajstić information content (AvgIpc) is 2.78. The number of benzene rings is 2. The van der Waals surface area contributed by atoms with Gasteiger partial charge in [0.1, 0.15) is 11.5 Å². The van der Waals surface area contributed by atoms with Crippen molar-refractivity contribution in [3.63, 3.8) is 0 Å². The number of nitrogens with zero attached hydrogens (tertiary/aromatic N) is 1. The van der Waals surface area contributed by atoms with Gasteiger partial charge in [0.2, 0.25) is 15.9 Å². The molecule has 1 aliphatic heterocycles. The van der Waals surface area contributed by atoms with Gasteiger partial charge in [0.25, 0.3) is 0 Å². The molecule has 0 spiro atoms. The third-order valence-corrected chi connectivity index (χ3v) is 7.60. The first kappa shape index (κ1) is 22.1. The minimum atomic E-state index is -3.59. The SMILES string of the molecule is COc1ccc(CNC(=O)C2(C)CCN(S(=O)(=O)c3ccc(OC)cc3)CC2)cc1. The van der Waals surface area contributed by atoms with Gasteiger partial charge in [-0.05, 0) is 54.8 Å². The molecule has 0 aliphatic carbocycles. The molecule has 3 rings (SSSR count). The van der Waals surface area contributed by atoms with E-state index in [9.17, 15) is 13.2 Å². The van der Waals surface area contributed by atoms with Gasteiger partial charge in [0.05, 0.1) is 19.1 Å². The molecule has 2 aromatic carbocycles. The second-order valence-electron chi connectivity index (χ2n) is 7.67. The largest absolute Gasteiger partial charge is 0.497 e. The number of methoxy groups -OCH3 is 2. The van der Waals surface area contributed by atoms with Gasteiger partial charge in [-0.3, -0.25) is 4.79 Å². The van der Waals surface area contributed by atoms with Crippen molar-refractivity contribution in [2.75, 3.05) is 27.3 Å². The van der Waals surface area contributed by atoms with Gasteiger partial charge in [-0.25, -0.2) is 8.42 Å². The van der Waals surface area contributed by atoms with Gasteiger partial charge in [-0.15, -0.1) is 0 Å². The van der Waals surface area contributed by atoms with Gasteiger partial charge >= 0.3 is 0 Å². The van der Waals surface area contributed by atoms with E-state index in [1.807, 2.05) is 31.2 Å². The molecule has 0 unspecified atom stereocenters. The molecule has 0 radical (unpaired) electrons. The highest BCUT2D eigenvalue weighted by molar-refractivity contribution is 7.89. The van der Waals surface area contributed by atoms with E-state index in [-0.39, 0.29) is 10.8 Å². The van der Waals surface area contributed by atoms with Gasteiger partial charge in [0, 0.05) is 25.0 Å². The number of piperidine rings is 1. The van der Waals surface area contributed by atoms with Crippen LogP contribution in [0.1, 0.15) is 25.3 Å². The second kappa shape index (κ2) is 9.06. The van der Waals surface area contributed by atoms with Crippen molar-refractivity contribution in [1.82, 2.24) is 9.62 Å². The lowest BCUT2D eigenvalue weighted by Gasteiger charge is -2.37. The molecular formula is C22H28N2O5S. The van der Waals surface area contributed by atoms with Crippen LogP contribution in [0.15, 0.2) is 53.4 Å². The average molecular weight is 433 g/mol. The summed E-state index contributed by atoms with van der Waals surface area (Å²) < 4.78 is 37.5. The Bertz CT molecular complexity index is 964. The van der Waals surface area contributed by atoms with Crippen LogP contribution in [-0.2, 0) is 21.4 Å². The zero-order valence-corrected chi connectivity index (χ0v) is 18.4. The molecule has 1 aliphatic rings. The summed E-state index contributed by atoms with van der Waals surface area (Å²) in [6, 6.07) is 13.9. The molecule has 2 aromatic rings. The molecule has 1 amide bonds. The van der Waals surface area contributed by atoms with Crippen LogP contribution in [0, 0.1) is 5.41 Å². The molecule has 0 bridgehead atoms. The molecule has 162 valence electrons. The van der Waals surface area contributed by atoms with Crippen molar-refractivity contribution in [2.24, 2.45) is 5.41 Å². The molecule has 1 heterocycles. The topological polar surface area (TPSA) is 84.9 Å². The number of ether oxygens (including phenoxy) is 2. The van der Waals surface area contributed by atoms with Crippen molar-refractivity contribution in [3.8, 4) is 11.5 Å². The molecule has 1 saturated heterocycles. The van der Waals surface area contributed by atoms with E-state index in [1.165, 1.54) is 11.4 Å². The zero-order valence-electron chi connectivity index (χ0n) is 17.6. The maximum absolute atomic E-state index is 12.9. The molecule has 30 heavy (non-hydrogen) atoms. The fourth-order valence-corrected chi connectivity index (χ4v) is 4.92. The van der Waals surface area contributed by atoms with Crippen LogP contribution in [0.25, 0.3) is 0 Å². The second-order valence-corrected chi connectivity index (χ2v) is 9.61. The van der Waals surface area contributed by atoms with E-state index in [0.29, 0.717) is 38.2 Å². The summed E-state index contributed by atoms with van der Waals surface area (Å²) in [4.78, 5) is 13.0. The van der Waals surface area contributed by atoms with Crippen LogP contribution in [0.2, 0.25) is 0 Å². The maximum Gasteiger partial charge on any atom is 0.243 e. The highest BCUT2D eigenvalue weighted by Crippen LogP contribution is 2.34. The smallest absolute Gasteiger partial charge is 0.243 e. The number of carbonyl (C=O) groups is 1. The first-order valence-electron chi connectivity index (χ1n) is 9.84. The lowest BCUT2D eigenvalue weighted by molar-refractivity contribution is -0.132. The Morgan fingerprint density at radius 2 is 1.47 bits per heavy atom. The van der Waals surface area contributed by atoms with Gasteiger partial charge in [0.15, 0.2) is 0 Å². The highest BCUT2D eigenvalue weighted by Gasteiger charge is 2.40. The summed E-state index contributed by atoms with van der Waals surface area (Å²) in [6.07, 6.45) is 0.938. The summed E-state index contributed by atoms with van der Waals surface area (Å²) in [5, 5.41) is 2.98. The van der Waals surface area contributed by atoms with Crippen molar-refractivity contribution < 1.29 is 22.7 Å². The standard InChI is InChI=1S/C22H28N2O5S/c1-22(21(25)23-16-17-4-6-18(28-2)7-5-17)12-14-24(15-13-22)30(26,27)20-10-8-19(29-3)9-11-20/h4-11H,12-16H2,1-3H3,(H,23,25). The normalized spacial score (nSPS) is 16.6. The van der Waals surface area contributed by atoms with Crippen LogP contribution in [0.5, 0.6) is 11.5 Å². The number of hydrogen-bond donors (Lipinski definition) is 1. The Morgan fingerprint density at radius 3 is 1.97 bits per heavy atom. The predicted molar refractivity (Wildman–Crippen MR) is 114 cm³/mol. The van der Waals surface area contributed by atoms with E-state index in [0.717, 1.165) is 11.3 Å². The minimum absolute atomic E-state index is 0.0557. The van der Waals surface area contributed by atoms with Crippen molar-refractivity contribution in [3.05, 3.63) is 54.1 Å². The summed E-state index contributed by atoms with van der Waals surface area (Å²) in [7, 11) is -0.444. The monoisotopic (exact) mass is 432 g/mol. The third-order valence-electron chi connectivity index (χ3n) is 5.68. The van der Waals surface area contributed by atoms with E-state index in [1.54, 1.807) is 31.4 Å². The highest BCUT2D eigenvalue weighted by atomic mass is 32.2. The fourth-order valence-electron chi connectivity index (χ4n) is 3.48. The van der Waals surface area contributed by atoms with E-state index >= 15 is 0 Å². The lowest BCUT2D eigenvalue weighted by Crippen LogP contribution is -2.48. The number of carbonyl (C=O) groups excluding carboxylic acids is 1. The zero-order chi connectivity index (χ0) is 21.8. The van der Waals surface area contributed by atoms with Crippen LogP contribution in [0.3, 0.4) is 0 Å². The lowest BCUT2D eigenvalue weighted by atomic mass is 9.80. The summed E-state index contributed by atoms with van der Waals surface area (Å²) in [6.45, 7) is 2.93. The Morgan fingerprint density at radius 1 is 0.967 bits per heavy atom. The number of nitrogens with one attached hydrogen (secondary N) is 1. The van der Waals surface area contributed by atoms with Crippen LogP contribution >= 0.6 is 0 Å². The maximum atomic E-state index is 12.9. The summed E-state index contributed by atoms with van der Waals surface area (Å²) in [5.41, 5.74) is 0.380. The van der Waals surface area contributed by atoms with Crippen molar-refractivity contribution >= 4 is 15.9 Å². The minimum Gasteiger partial charge on any atom is -0.497 e. The number of hydrogen-bond acceptors (Lipinski definition) is 5. The molecule has 1 fully saturated rings. The van der Waals surface area contributed by atoms with Crippen molar-refractivity contribution in [2.45, 2.75) is 31.2 Å². The van der Waals surface area contributed by atoms with Crippen LogP contribution < -0.4 is 14.8 Å². The number of amides is 1. The number of sulfonamides is 1. The molecule has 8 heteroatoms.